The second-order valence-electron chi connectivity index (χ2n) is 6.52. The van der Waals surface area contributed by atoms with E-state index in [0.717, 1.165) is 16.1 Å². The summed E-state index contributed by atoms with van der Waals surface area (Å²) in [4.78, 5) is 12.8. The Morgan fingerprint density at radius 1 is 1.14 bits per heavy atom. The molecule has 28 heavy (non-hydrogen) atoms. The monoisotopic (exact) mass is 424 g/mol. The highest BCUT2D eigenvalue weighted by molar-refractivity contribution is 7.92. The van der Waals surface area contributed by atoms with Crippen molar-refractivity contribution in [2.45, 2.75) is 19.9 Å². The van der Waals surface area contributed by atoms with Gasteiger partial charge in [0.2, 0.25) is 15.9 Å². The fraction of sp³-hybridized carbons (Fsp3) is 0.316. The zero-order chi connectivity index (χ0) is 20.5. The number of nitrogens with one attached hydrogen (secondary N) is 1. The van der Waals surface area contributed by atoms with Gasteiger partial charge in [0.1, 0.15) is 19.3 Å². The summed E-state index contributed by atoms with van der Waals surface area (Å²) < 4.78 is 36.8. The van der Waals surface area contributed by atoms with Crippen LogP contribution in [0.1, 0.15) is 12.5 Å². The molecule has 1 amide bonds. The van der Waals surface area contributed by atoms with Gasteiger partial charge in [0, 0.05) is 16.8 Å². The van der Waals surface area contributed by atoms with Crippen LogP contribution in [0.15, 0.2) is 36.4 Å². The van der Waals surface area contributed by atoms with Gasteiger partial charge in [-0.25, -0.2) is 8.42 Å². The molecule has 3 rings (SSSR count). The molecule has 0 saturated carbocycles. The van der Waals surface area contributed by atoms with E-state index in [1.54, 1.807) is 30.3 Å². The van der Waals surface area contributed by atoms with E-state index in [1.165, 1.54) is 13.0 Å². The molecule has 1 atom stereocenters. The molecule has 1 N–H and O–H groups in total. The highest BCUT2D eigenvalue weighted by atomic mass is 35.5. The SMILES string of the molecule is Cc1ccc(N([C@H](C)C(=O)Nc2ccc3c(c2)OCCO3)S(C)(=O)=O)cc1Cl. The number of nitrogens with zero attached hydrogens (tertiary/aromatic N) is 1. The van der Waals surface area contributed by atoms with Gasteiger partial charge in [-0.1, -0.05) is 17.7 Å². The van der Waals surface area contributed by atoms with Gasteiger partial charge in [-0.05, 0) is 43.7 Å². The number of ether oxygens (including phenoxy) is 2. The molecule has 7 nitrogen and oxygen atoms in total. The molecule has 0 aliphatic carbocycles. The molecule has 0 spiro atoms. The van der Waals surface area contributed by atoms with E-state index in [2.05, 4.69) is 5.32 Å². The number of halogens is 1. The van der Waals surface area contributed by atoms with E-state index >= 15 is 0 Å². The number of rotatable bonds is 5. The van der Waals surface area contributed by atoms with Gasteiger partial charge in [-0.15, -0.1) is 0 Å². The Morgan fingerprint density at radius 3 is 2.46 bits per heavy atom. The summed E-state index contributed by atoms with van der Waals surface area (Å²) in [6.45, 7) is 4.23. The number of fused-ring (bicyclic) bond motifs is 1. The molecule has 0 radical (unpaired) electrons. The van der Waals surface area contributed by atoms with Crippen molar-refractivity contribution in [1.29, 1.82) is 0 Å². The third-order valence-corrected chi connectivity index (χ3v) is 5.96. The van der Waals surface area contributed by atoms with Crippen LogP contribution in [0.5, 0.6) is 11.5 Å². The third kappa shape index (κ3) is 4.34. The molecular formula is C19H21ClN2O5S. The summed E-state index contributed by atoms with van der Waals surface area (Å²) in [5.74, 6) is 0.644. The van der Waals surface area contributed by atoms with Crippen molar-refractivity contribution in [1.82, 2.24) is 0 Å². The topological polar surface area (TPSA) is 84.9 Å². The minimum atomic E-state index is -3.73. The first-order chi connectivity index (χ1) is 13.2. The third-order valence-electron chi connectivity index (χ3n) is 4.31. The van der Waals surface area contributed by atoms with Crippen molar-refractivity contribution in [2.24, 2.45) is 0 Å². The second-order valence-corrected chi connectivity index (χ2v) is 8.78. The summed E-state index contributed by atoms with van der Waals surface area (Å²) in [5, 5.41) is 3.15. The number of aryl methyl sites for hydroxylation is 1. The first-order valence-corrected chi connectivity index (χ1v) is 10.9. The summed E-state index contributed by atoms with van der Waals surface area (Å²) in [6.07, 6.45) is 1.05. The summed E-state index contributed by atoms with van der Waals surface area (Å²) >= 11 is 6.14. The second kappa shape index (κ2) is 7.89. The van der Waals surface area contributed by atoms with Crippen LogP contribution >= 0.6 is 11.6 Å². The normalized spacial score (nSPS) is 14.3. The Bertz CT molecular complexity index is 1010. The van der Waals surface area contributed by atoms with Crippen molar-refractivity contribution < 1.29 is 22.7 Å². The van der Waals surface area contributed by atoms with Crippen LogP contribution in [0, 0.1) is 6.92 Å². The number of hydrogen-bond acceptors (Lipinski definition) is 5. The van der Waals surface area contributed by atoms with E-state index in [0.29, 0.717) is 41.1 Å². The van der Waals surface area contributed by atoms with Crippen LogP contribution in [-0.4, -0.2) is 39.8 Å². The molecular weight excluding hydrogens is 404 g/mol. The van der Waals surface area contributed by atoms with Crippen LogP contribution in [0.4, 0.5) is 11.4 Å². The standard InChI is InChI=1S/C19H21ClN2O5S/c1-12-4-6-15(11-16(12)20)22(28(3,24)25)13(2)19(23)21-14-5-7-17-18(10-14)27-9-8-26-17/h4-7,10-11,13H,8-9H2,1-3H3,(H,21,23)/t13-/m1/s1. The van der Waals surface area contributed by atoms with E-state index in [-0.39, 0.29) is 0 Å². The molecule has 0 saturated heterocycles. The van der Waals surface area contributed by atoms with Crippen molar-refractivity contribution in [3.8, 4) is 11.5 Å². The quantitative estimate of drug-likeness (QED) is 0.796. The maximum atomic E-state index is 12.8. The minimum absolute atomic E-state index is 0.322. The first-order valence-electron chi connectivity index (χ1n) is 8.63. The molecule has 0 aromatic heterocycles. The van der Waals surface area contributed by atoms with Crippen LogP contribution in [-0.2, 0) is 14.8 Å². The van der Waals surface area contributed by atoms with Gasteiger partial charge in [-0.2, -0.15) is 0 Å². The smallest absolute Gasteiger partial charge is 0.247 e. The number of sulfonamides is 1. The predicted molar refractivity (Wildman–Crippen MR) is 109 cm³/mol. The van der Waals surface area contributed by atoms with E-state index in [1.807, 2.05) is 6.92 Å². The minimum Gasteiger partial charge on any atom is -0.486 e. The van der Waals surface area contributed by atoms with Gasteiger partial charge < -0.3 is 14.8 Å². The average Bonchev–Trinajstić information content (AvgIpc) is 2.63. The van der Waals surface area contributed by atoms with Crippen LogP contribution in [0.25, 0.3) is 0 Å². The number of amides is 1. The molecule has 0 fully saturated rings. The Hall–Kier alpha value is -2.45. The Morgan fingerprint density at radius 2 is 1.82 bits per heavy atom. The molecule has 0 unspecified atom stereocenters. The summed E-state index contributed by atoms with van der Waals surface area (Å²) in [6, 6.07) is 8.88. The zero-order valence-corrected chi connectivity index (χ0v) is 17.3. The van der Waals surface area contributed by atoms with E-state index < -0.39 is 22.0 Å². The van der Waals surface area contributed by atoms with Crippen LogP contribution in [0.3, 0.4) is 0 Å². The Balaban J connectivity index is 1.85. The van der Waals surface area contributed by atoms with Crippen molar-refractivity contribution in [3.05, 3.63) is 47.0 Å². The number of benzene rings is 2. The first kappa shape index (κ1) is 20.3. The maximum Gasteiger partial charge on any atom is 0.247 e. The lowest BCUT2D eigenvalue weighted by Crippen LogP contribution is -2.45. The Labute approximate surface area is 169 Å². The lowest BCUT2D eigenvalue weighted by Gasteiger charge is -2.28. The summed E-state index contributed by atoms with van der Waals surface area (Å²) in [5.41, 5.74) is 1.62. The highest BCUT2D eigenvalue weighted by Gasteiger charge is 2.29. The molecule has 2 aromatic carbocycles. The fourth-order valence-corrected chi connectivity index (χ4v) is 4.24. The predicted octanol–water partition coefficient (Wildman–Crippen LogP) is 3.21. The highest BCUT2D eigenvalue weighted by Crippen LogP contribution is 2.33. The van der Waals surface area contributed by atoms with Gasteiger partial charge in [-0.3, -0.25) is 9.10 Å². The van der Waals surface area contributed by atoms with Crippen molar-refractivity contribution >= 4 is 38.9 Å². The van der Waals surface area contributed by atoms with Crippen molar-refractivity contribution in [3.63, 3.8) is 0 Å². The largest absolute Gasteiger partial charge is 0.486 e. The van der Waals surface area contributed by atoms with Crippen LogP contribution in [0.2, 0.25) is 5.02 Å². The number of carbonyl (C=O) groups is 1. The molecule has 0 bridgehead atoms. The molecule has 1 aliphatic rings. The molecule has 9 heteroatoms. The zero-order valence-electron chi connectivity index (χ0n) is 15.7. The number of carbonyl (C=O) groups excluding carboxylic acids is 1. The molecule has 150 valence electrons. The Kier molecular flexibility index (Phi) is 5.71. The number of hydrogen-bond donors (Lipinski definition) is 1. The maximum absolute atomic E-state index is 12.8. The molecule has 1 aliphatic heterocycles. The molecule has 1 heterocycles. The van der Waals surface area contributed by atoms with Gasteiger partial charge in [0.15, 0.2) is 11.5 Å². The lowest BCUT2D eigenvalue weighted by atomic mass is 10.2. The van der Waals surface area contributed by atoms with Crippen LogP contribution < -0.4 is 19.1 Å². The van der Waals surface area contributed by atoms with E-state index in [9.17, 15) is 13.2 Å². The average molecular weight is 425 g/mol. The number of anilines is 2. The summed E-state index contributed by atoms with van der Waals surface area (Å²) in [7, 11) is -3.73. The molecule has 2 aromatic rings. The van der Waals surface area contributed by atoms with Gasteiger partial charge >= 0.3 is 0 Å². The van der Waals surface area contributed by atoms with Crippen molar-refractivity contribution in [2.75, 3.05) is 29.1 Å². The van der Waals surface area contributed by atoms with Gasteiger partial charge in [0.25, 0.3) is 0 Å². The lowest BCUT2D eigenvalue weighted by molar-refractivity contribution is -0.116. The van der Waals surface area contributed by atoms with E-state index in [4.69, 9.17) is 21.1 Å². The van der Waals surface area contributed by atoms with Gasteiger partial charge in [0.05, 0.1) is 11.9 Å². The fourth-order valence-electron chi connectivity index (χ4n) is 2.90.